The predicted molar refractivity (Wildman–Crippen MR) is 142 cm³/mol. The van der Waals surface area contributed by atoms with Crippen molar-refractivity contribution in [2.45, 2.75) is 63.5 Å². The van der Waals surface area contributed by atoms with E-state index in [9.17, 15) is 18.0 Å². The third kappa shape index (κ3) is 6.50. The highest BCUT2D eigenvalue weighted by atomic mass is 127. The van der Waals surface area contributed by atoms with Crippen LogP contribution in [0.1, 0.15) is 45.6 Å². The van der Waals surface area contributed by atoms with Crippen LogP contribution >= 0.6 is 22.6 Å². The molecule has 1 heterocycles. The van der Waals surface area contributed by atoms with E-state index in [1.54, 1.807) is 32.9 Å². The molecule has 1 amide bonds. The molecule has 0 unspecified atom stereocenters. The van der Waals surface area contributed by atoms with Crippen LogP contribution in [0.25, 0.3) is 10.8 Å². The van der Waals surface area contributed by atoms with Crippen molar-refractivity contribution in [3.8, 4) is 0 Å². The molecule has 9 heteroatoms. The summed E-state index contributed by atoms with van der Waals surface area (Å²) in [5.74, 6) is -1.37. The smallest absolute Gasteiger partial charge is 0.329 e. The van der Waals surface area contributed by atoms with Gasteiger partial charge in [0.1, 0.15) is 17.3 Å². The number of nitrogens with one attached hydrogen (secondary N) is 1. The molecule has 0 aromatic heterocycles. The topological polar surface area (TPSA) is 92.8 Å². The Bertz CT molecular complexity index is 1180. The fourth-order valence-electron chi connectivity index (χ4n) is 4.25. The Morgan fingerprint density at radius 2 is 1.82 bits per heavy atom. The molecule has 0 aliphatic carbocycles. The summed E-state index contributed by atoms with van der Waals surface area (Å²) in [6.45, 7) is 9.03. The summed E-state index contributed by atoms with van der Waals surface area (Å²) in [5, 5.41) is 1.77. The molecular weight excluding hydrogens is 567 g/mol. The fraction of sp³-hybridized carbons (Fsp3) is 0.440. The van der Waals surface area contributed by atoms with Gasteiger partial charge in [-0.2, -0.15) is 0 Å². The van der Waals surface area contributed by atoms with E-state index in [1.165, 1.54) is 4.90 Å². The molecule has 184 valence electrons. The minimum atomic E-state index is -3.91. The van der Waals surface area contributed by atoms with Gasteiger partial charge in [-0.3, -0.25) is 9.52 Å². The molecule has 2 aromatic rings. The largest absolute Gasteiger partial charge is 0.458 e. The maximum atomic E-state index is 13.3. The Kier molecular flexibility index (Phi) is 8.28. The number of hydrogen-bond acceptors (Lipinski definition) is 5. The number of likely N-dealkylation sites (tertiary alicyclic amines) is 1. The van der Waals surface area contributed by atoms with Crippen LogP contribution in [0.3, 0.4) is 0 Å². The normalized spacial score (nSPS) is 18.6. The number of ether oxygens (including phenoxy) is 1. The summed E-state index contributed by atoms with van der Waals surface area (Å²) in [6, 6.07) is 12.1. The molecule has 0 radical (unpaired) electrons. The van der Waals surface area contributed by atoms with Crippen LogP contribution in [0.2, 0.25) is 0 Å². The van der Waals surface area contributed by atoms with Crippen molar-refractivity contribution in [2.24, 2.45) is 0 Å². The average molecular weight is 599 g/mol. The van der Waals surface area contributed by atoms with Crippen molar-refractivity contribution < 1.29 is 22.7 Å². The molecule has 1 saturated heterocycles. The van der Waals surface area contributed by atoms with E-state index in [-0.39, 0.29) is 17.5 Å². The minimum absolute atomic E-state index is 0.179. The van der Waals surface area contributed by atoms with Crippen molar-refractivity contribution in [2.75, 3.05) is 4.43 Å². The zero-order chi connectivity index (χ0) is 25.1. The maximum Gasteiger partial charge on any atom is 0.329 e. The number of esters is 1. The first-order valence-electron chi connectivity index (χ1n) is 11.2. The van der Waals surface area contributed by atoms with Gasteiger partial charge in [-0.25, -0.2) is 13.2 Å². The van der Waals surface area contributed by atoms with Gasteiger partial charge in [0, 0.05) is 10.5 Å². The van der Waals surface area contributed by atoms with Gasteiger partial charge < -0.3 is 9.64 Å². The fourth-order valence-corrected chi connectivity index (χ4v) is 6.16. The van der Waals surface area contributed by atoms with Gasteiger partial charge >= 0.3 is 5.97 Å². The molecule has 1 N–H and O–H groups in total. The second-order valence-electron chi connectivity index (χ2n) is 9.45. The number of sulfonamides is 1. The Morgan fingerprint density at radius 1 is 1.15 bits per heavy atom. The number of alkyl halides is 1. The number of carbonyl (C=O) groups is 2. The molecule has 0 saturated carbocycles. The van der Waals surface area contributed by atoms with E-state index >= 15 is 0 Å². The molecule has 1 fully saturated rings. The number of benzene rings is 2. The van der Waals surface area contributed by atoms with Crippen molar-refractivity contribution in [3.05, 3.63) is 60.3 Å². The quantitative estimate of drug-likeness (QED) is 0.212. The Labute approximate surface area is 215 Å². The van der Waals surface area contributed by atoms with E-state index in [4.69, 9.17) is 4.74 Å². The summed E-state index contributed by atoms with van der Waals surface area (Å²) in [7, 11) is -3.91. The summed E-state index contributed by atoms with van der Waals surface area (Å²) >= 11 is 2.23. The number of nitrogens with zero attached hydrogens (tertiary/aromatic N) is 1. The highest BCUT2D eigenvalue weighted by molar-refractivity contribution is 14.1. The number of hydrogen-bond donors (Lipinski definition) is 1. The van der Waals surface area contributed by atoms with E-state index < -0.39 is 33.5 Å². The lowest BCUT2D eigenvalue weighted by molar-refractivity contribution is -0.163. The third-order valence-corrected chi connectivity index (χ3v) is 7.49. The molecule has 3 rings (SSSR count). The van der Waals surface area contributed by atoms with Gasteiger partial charge in [0.25, 0.3) is 5.91 Å². The maximum absolute atomic E-state index is 13.3. The van der Waals surface area contributed by atoms with Crippen molar-refractivity contribution in [1.29, 1.82) is 0 Å². The van der Waals surface area contributed by atoms with E-state index in [0.717, 1.165) is 15.2 Å². The molecule has 0 spiro atoms. The zero-order valence-corrected chi connectivity index (χ0v) is 22.7. The average Bonchev–Trinajstić information content (AvgIpc) is 3.15. The Morgan fingerprint density at radius 3 is 2.50 bits per heavy atom. The van der Waals surface area contributed by atoms with Crippen molar-refractivity contribution >= 4 is 55.3 Å². The van der Waals surface area contributed by atoms with Crippen LogP contribution in [0.4, 0.5) is 0 Å². The zero-order valence-electron chi connectivity index (χ0n) is 19.7. The first-order valence-corrected chi connectivity index (χ1v) is 14.4. The Hall–Kier alpha value is -2.14. The number of fused-ring (bicyclic) bond motifs is 1. The van der Waals surface area contributed by atoms with E-state index in [2.05, 4.69) is 33.9 Å². The lowest BCUT2D eigenvalue weighted by Crippen LogP contribution is -2.49. The van der Waals surface area contributed by atoms with E-state index in [0.29, 0.717) is 24.8 Å². The Balaban J connectivity index is 1.78. The van der Waals surface area contributed by atoms with Crippen LogP contribution in [-0.4, -0.2) is 47.3 Å². The molecule has 0 bridgehead atoms. The molecule has 2 atom stereocenters. The lowest BCUT2D eigenvalue weighted by atomic mass is 10.1. The molecule has 2 aromatic carbocycles. The summed E-state index contributed by atoms with van der Waals surface area (Å²) in [4.78, 5) is 27.6. The molecule has 1 aliphatic rings. The second kappa shape index (κ2) is 10.6. The van der Waals surface area contributed by atoms with Crippen molar-refractivity contribution in [1.82, 2.24) is 9.62 Å². The summed E-state index contributed by atoms with van der Waals surface area (Å²) in [5.41, 5.74) is -0.333. The molecule has 34 heavy (non-hydrogen) atoms. The summed E-state index contributed by atoms with van der Waals surface area (Å²) < 4.78 is 34.6. The monoisotopic (exact) mass is 598 g/mol. The van der Waals surface area contributed by atoms with Gasteiger partial charge in [0.2, 0.25) is 10.0 Å². The molecule has 1 aliphatic heterocycles. The highest BCUT2D eigenvalue weighted by Crippen LogP contribution is 2.30. The number of halogens is 1. The first-order chi connectivity index (χ1) is 15.9. The van der Waals surface area contributed by atoms with Crippen LogP contribution in [0.5, 0.6) is 0 Å². The second-order valence-corrected chi connectivity index (χ2v) is 12.2. The van der Waals surface area contributed by atoms with Crippen molar-refractivity contribution in [3.63, 3.8) is 0 Å². The number of carbonyl (C=O) groups excluding carboxylic acids is 2. The lowest BCUT2D eigenvalue weighted by Gasteiger charge is -2.31. The minimum Gasteiger partial charge on any atom is -0.458 e. The summed E-state index contributed by atoms with van der Waals surface area (Å²) in [6.07, 6.45) is 1.81. The van der Waals surface area contributed by atoms with Gasteiger partial charge in [-0.1, -0.05) is 71.6 Å². The van der Waals surface area contributed by atoms with Gasteiger partial charge in [-0.15, -0.1) is 0 Å². The number of rotatable bonds is 8. The SMILES string of the molecule is C=C(NS(=O)(=O)Cc1cccc2ccccc12)C(=O)N1[C@@H](CCI)CC[C@H]1C(=O)OC(C)(C)C. The first kappa shape index (κ1) is 26.5. The van der Waals surface area contributed by atoms with E-state index in [1.807, 2.05) is 30.3 Å². The van der Waals surface area contributed by atoms with Crippen LogP contribution < -0.4 is 4.72 Å². The predicted octanol–water partition coefficient (Wildman–Crippen LogP) is 4.30. The standard InChI is InChI=1S/C25H31IN2O5S/c1-17(27-34(31,32)16-19-10-7-9-18-8-5-6-11-21(18)19)23(29)28-20(14-15-26)12-13-22(28)24(30)33-25(2,3)4/h5-11,20,22,27H,1,12-16H2,2-4H3/t20-,22+/m1/s1. The third-order valence-electron chi connectivity index (χ3n) is 5.62. The molecule has 7 nitrogen and oxygen atoms in total. The van der Waals surface area contributed by atoms with Crippen LogP contribution in [-0.2, 0) is 30.1 Å². The van der Waals surface area contributed by atoms with Gasteiger partial charge in [-0.05, 0) is 56.4 Å². The highest BCUT2D eigenvalue weighted by Gasteiger charge is 2.43. The van der Waals surface area contributed by atoms with Crippen LogP contribution in [0, 0.1) is 0 Å². The van der Waals surface area contributed by atoms with Crippen LogP contribution in [0.15, 0.2) is 54.7 Å². The number of amides is 1. The van der Waals surface area contributed by atoms with Gasteiger partial charge in [0.05, 0.1) is 5.75 Å². The molecular formula is C25H31IN2O5S. The van der Waals surface area contributed by atoms with Gasteiger partial charge in [0.15, 0.2) is 0 Å².